The van der Waals surface area contributed by atoms with Crippen LogP contribution in [0.1, 0.15) is 28.4 Å². The second kappa shape index (κ2) is 6.82. The van der Waals surface area contributed by atoms with E-state index in [4.69, 9.17) is 4.74 Å². The highest BCUT2D eigenvalue weighted by Gasteiger charge is 2.33. The molecule has 28 heavy (non-hydrogen) atoms. The molecule has 0 aliphatic carbocycles. The number of carbonyl (C=O) groups is 1. The molecular formula is C21H17F3N2O2. The van der Waals surface area contributed by atoms with E-state index in [2.05, 4.69) is 5.10 Å². The summed E-state index contributed by atoms with van der Waals surface area (Å²) in [7, 11) is 0. The van der Waals surface area contributed by atoms with E-state index in [0.29, 0.717) is 12.2 Å². The molecule has 4 rings (SSSR count). The Kier molecular flexibility index (Phi) is 4.45. The van der Waals surface area contributed by atoms with Crippen LogP contribution in [0.15, 0.2) is 48.5 Å². The topological polar surface area (TPSA) is 44.1 Å². The number of alkyl halides is 3. The Balaban J connectivity index is 1.95. The number of hydrogen-bond acceptors (Lipinski definition) is 3. The van der Waals surface area contributed by atoms with Crippen LogP contribution < -0.4 is 0 Å². The fourth-order valence-electron chi connectivity index (χ4n) is 3.53. The number of ether oxygens (including phenoxy) is 1. The standard InChI is InChI=1S/C21H17F3N2O2/c1-2-28-20(27)17-18(14-7-5-8-15(12-14)21(22,23)24)25-26-11-10-13-6-3-4-9-16(13)19(17)26/h3-9,12H,2,10-11H2,1H3. The summed E-state index contributed by atoms with van der Waals surface area (Å²) in [6.07, 6.45) is -3.75. The van der Waals surface area contributed by atoms with Gasteiger partial charge in [-0.2, -0.15) is 18.3 Å². The summed E-state index contributed by atoms with van der Waals surface area (Å²) in [5.74, 6) is -0.590. The summed E-state index contributed by atoms with van der Waals surface area (Å²) in [6, 6.07) is 12.5. The lowest BCUT2D eigenvalue weighted by molar-refractivity contribution is -0.137. The van der Waals surface area contributed by atoms with Crippen molar-refractivity contribution in [2.75, 3.05) is 6.61 Å². The summed E-state index contributed by atoms with van der Waals surface area (Å²) in [5.41, 5.74) is 2.36. The SMILES string of the molecule is CCOC(=O)c1c(-c2cccc(C(F)(F)F)c2)nn2c1-c1ccccc1CC2. The highest BCUT2D eigenvalue weighted by molar-refractivity contribution is 6.03. The highest BCUT2D eigenvalue weighted by atomic mass is 19.4. The predicted molar refractivity (Wildman–Crippen MR) is 97.8 cm³/mol. The minimum absolute atomic E-state index is 0.160. The molecule has 0 spiro atoms. The normalized spacial score (nSPS) is 13.0. The van der Waals surface area contributed by atoms with Crippen molar-refractivity contribution in [1.82, 2.24) is 9.78 Å². The molecule has 1 aliphatic heterocycles. The van der Waals surface area contributed by atoms with Crippen LogP contribution in [-0.4, -0.2) is 22.4 Å². The quantitative estimate of drug-likeness (QED) is 0.597. The van der Waals surface area contributed by atoms with Crippen molar-refractivity contribution in [3.8, 4) is 22.5 Å². The molecule has 0 N–H and O–H groups in total. The van der Waals surface area contributed by atoms with Gasteiger partial charge in [0, 0.05) is 17.7 Å². The van der Waals surface area contributed by atoms with Gasteiger partial charge in [0.1, 0.15) is 11.3 Å². The molecule has 7 heteroatoms. The summed E-state index contributed by atoms with van der Waals surface area (Å²) in [5, 5.41) is 4.49. The molecule has 0 radical (unpaired) electrons. The third-order valence-electron chi connectivity index (χ3n) is 4.76. The molecule has 0 fully saturated rings. The lowest BCUT2D eigenvalue weighted by Crippen LogP contribution is -2.14. The van der Waals surface area contributed by atoms with Crippen molar-refractivity contribution in [2.45, 2.75) is 26.1 Å². The Hall–Kier alpha value is -3.09. The van der Waals surface area contributed by atoms with Crippen LogP contribution in [0.25, 0.3) is 22.5 Å². The minimum Gasteiger partial charge on any atom is -0.462 e. The lowest BCUT2D eigenvalue weighted by atomic mass is 9.94. The molecular weight excluding hydrogens is 369 g/mol. The Morgan fingerprint density at radius 1 is 1.18 bits per heavy atom. The van der Waals surface area contributed by atoms with E-state index in [-0.39, 0.29) is 23.4 Å². The Morgan fingerprint density at radius 2 is 1.96 bits per heavy atom. The highest BCUT2D eigenvalue weighted by Crippen LogP contribution is 2.39. The molecule has 0 unspecified atom stereocenters. The molecule has 0 atom stereocenters. The predicted octanol–water partition coefficient (Wildman–Crippen LogP) is 4.97. The number of aryl methyl sites for hydroxylation is 2. The van der Waals surface area contributed by atoms with Gasteiger partial charge in [0.25, 0.3) is 0 Å². The molecule has 2 heterocycles. The van der Waals surface area contributed by atoms with Crippen LogP contribution in [0.2, 0.25) is 0 Å². The van der Waals surface area contributed by atoms with Gasteiger partial charge in [0.15, 0.2) is 0 Å². The van der Waals surface area contributed by atoms with Crippen LogP contribution >= 0.6 is 0 Å². The van der Waals surface area contributed by atoms with Crippen molar-refractivity contribution < 1.29 is 22.7 Å². The van der Waals surface area contributed by atoms with Crippen molar-refractivity contribution in [2.24, 2.45) is 0 Å². The zero-order valence-electron chi connectivity index (χ0n) is 15.1. The molecule has 0 saturated heterocycles. The number of carbonyl (C=O) groups excluding carboxylic acids is 1. The fourth-order valence-corrected chi connectivity index (χ4v) is 3.53. The van der Waals surface area contributed by atoms with Gasteiger partial charge < -0.3 is 4.74 Å². The lowest BCUT2D eigenvalue weighted by Gasteiger charge is -2.18. The van der Waals surface area contributed by atoms with Crippen molar-refractivity contribution in [3.05, 3.63) is 65.2 Å². The Morgan fingerprint density at radius 3 is 2.71 bits per heavy atom. The van der Waals surface area contributed by atoms with E-state index >= 15 is 0 Å². The van der Waals surface area contributed by atoms with Crippen LogP contribution in [0.4, 0.5) is 13.2 Å². The van der Waals surface area contributed by atoms with E-state index in [1.807, 2.05) is 24.3 Å². The van der Waals surface area contributed by atoms with Crippen LogP contribution in [0, 0.1) is 0 Å². The number of rotatable bonds is 3. The van der Waals surface area contributed by atoms with Gasteiger partial charge in [-0.05, 0) is 31.0 Å². The summed E-state index contributed by atoms with van der Waals surface area (Å²) in [6.45, 7) is 2.39. The largest absolute Gasteiger partial charge is 0.462 e. The summed E-state index contributed by atoms with van der Waals surface area (Å²) in [4.78, 5) is 12.8. The van der Waals surface area contributed by atoms with Gasteiger partial charge in [0.05, 0.1) is 17.9 Å². The number of nitrogens with zero attached hydrogens (tertiary/aromatic N) is 2. The second-order valence-electron chi connectivity index (χ2n) is 6.50. The first-order valence-electron chi connectivity index (χ1n) is 8.94. The molecule has 0 saturated carbocycles. The number of benzene rings is 2. The fraction of sp³-hybridized carbons (Fsp3) is 0.238. The molecule has 1 aromatic heterocycles. The first kappa shape index (κ1) is 18.3. The number of fused-ring (bicyclic) bond motifs is 3. The molecule has 0 bridgehead atoms. The molecule has 1 aliphatic rings. The van der Waals surface area contributed by atoms with Gasteiger partial charge >= 0.3 is 12.1 Å². The third-order valence-corrected chi connectivity index (χ3v) is 4.76. The number of halogens is 3. The van der Waals surface area contributed by atoms with E-state index < -0.39 is 17.7 Å². The smallest absolute Gasteiger partial charge is 0.416 e. The maximum absolute atomic E-state index is 13.2. The first-order chi connectivity index (χ1) is 13.4. The van der Waals surface area contributed by atoms with Gasteiger partial charge in [-0.1, -0.05) is 36.4 Å². The number of hydrogen-bond donors (Lipinski definition) is 0. The molecule has 2 aromatic carbocycles. The van der Waals surface area contributed by atoms with E-state index in [0.717, 1.165) is 29.7 Å². The number of aromatic nitrogens is 2. The van der Waals surface area contributed by atoms with Crippen LogP contribution in [-0.2, 0) is 23.9 Å². The second-order valence-corrected chi connectivity index (χ2v) is 6.50. The summed E-state index contributed by atoms with van der Waals surface area (Å²) >= 11 is 0. The van der Waals surface area contributed by atoms with Gasteiger partial charge in [-0.25, -0.2) is 4.79 Å². The van der Waals surface area contributed by atoms with Gasteiger partial charge in [-0.3, -0.25) is 4.68 Å². The Bertz CT molecular complexity index is 1050. The minimum atomic E-state index is -4.48. The van der Waals surface area contributed by atoms with Gasteiger partial charge in [-0.15, -0.1) is 0 Å². The van der Waals surface area contributed by atoms with Gasteiger partial charge in [0.2, 0.25) is 0 Å². The van der Waals surface area contributed by atoms with E-state index in [1.54, 1.807) is 11.6 Å². The molecule has 144 valence electrons. The Labute approximate surface area is 159 Å². The average Bonchev–Trinajstić information content (AvgIpc) is 3.08. The van der Waals surface area contributed by atoms with Crippen molar-refractivity contribution >= 4 is 5.97 Å². The number of esters is 1. The average molecular weight is 386 g/mol. The molecule has 3 aromatic rings. The van der Waals surface area contributed by atoms with Crippen molar-refractivity contribution in [1.29, 1.82) is 0 Å². The molecule has 4 nitrogen and oxygen atoms in total. The van der Waals surface area contributed by atoms with Crippen LogP contribution in [0.5, 0.6) is 0 Å². The zero-order valence-corrected chi connectivity index (χ0v) is 15.1. The molecule has 0 amide bonds. The maximum Gasteiger partial charge on any atom is 0.416 e. The summed E-state index contributed by atoms with van der Waals surface area (Å²) < 4.78 is 46.4. The van der Waals surface area contributed by atoms with Crippen LogP contribution in [0.3, 0.4) is 0 Å². The van der Waals surface area contributed by atoms with Crippen molar-refractivity contribution in [3.63, 3.8) is 0 Å². The van der Waals surface area contributed by atoms with E-state index in [1.165, 1.54) is 12.1 Å². The monoisotopic (exact) mass is 386 g/mol. The first-order valence-corrected chi connectivity index (χ1v) is 8.94. The zero-order chi connectivity index (χ0) is 19.9. The third kappa shape index (κ3) is 3.06. The maximum atomic E-state index is 13.2. The van der Waals surface area contributed by atoms with E-state index in [9.17, 15) is 18.0 Å².